The largest absolute Gasteiger partial charge is 0.397 e. The Morgan fingerprint density at radius 1 is 1.15 bits per heavy atom. The first-order valence-electron chi connectivity index (χ1n) is 8.43. The molecule has 26 heavy (non-hydrogen) atoms. The highest BCUT2D eigenvalue weighted by Crippen LogP contribution is 2.30. The second-order valence-corrected chi connectivity index (χ2v) is 6.36. The van der Waals surface area contributed by atoms with Gasteiger partial charge in [-0.25, -0.2) is 15.0 Å². The van der Waals surface area contributed by atoms with Gasteiger partial charge in [0.1, 0.15) is 5.82 Å². The predicted octanol–water partition coefficient (Wildman–Crippen LogP) is 2.84. The van der Waals surface area contributed by atoms with Gasteiger partial charge in [0.25, 0.3) is 0 Å². The van der Waals surface area contributed by atoms with Gasteiger partial charge >= 0.3 is 0 Å². The minimum absolute atomic E-state index is 0.0273. The molecular formula is C19H18N6O. The molecule has 3 aromatic rings. The molecule has 3 N–H and O–H groups in total. The molecule has 0 spiro atoms. The van der Waals surface area contributed by atoms with Crippen LogP contribution in [0, 0.1) is 12.8 Å². The number of pyridine rings is 2. The number of hydrogen-bond acceptors (Lipinski definition) is 6. The Labute approximate surface area is 150 Å². The van der Waals surface area contributed by atoms with Crippen LogP contribution in [-0.4, -0.2) is 25.8 Å². The summed E-state index contributed by atoms with van der Waals surface area (Å²) in [5, 5.41) is 2.86. The van der Waals surface area contributed by atoms with Crippen LogP contribution in [0.3, 0.4) is 0 Å². The van der Waals surface area contributed by atoms with Crippen molar-refractivity contribution >= 4 is 17.4 Å². The average molecular weight is 346 g/mol. The van der Waals surface area contributed by atoms with Gasteiger partial charge in [-0.1, -0.05) is 0 Å². The third kappa shape index (κ3) is 3.37. The minimum atomic E-state index is 0.0273. The molecule has 3 heterocycles. The quantitative estimate of drug-likeness (QED) is 0.752. The Bertz CT molecular complexity index is 983. The molecule has 0 aliphatic heterocycles. The number of rotatable bonds is 4. The number of anilines is 2. The van der Waals surface area contributed by atoms with E-state index >= 15 is 0 Å². The van der Waals surface area contributed by atoms with Crippen molar-refractivity contribution < 1.29 is 4.79 Å². The molecule has 1 aliphatic rings. The molecule has 1 fully saturated rings. The lowest BCUT2D eigenvalue weighted by Gasteiger charge is -2.08. The van der Waals surface area contributed by atoms with Crippen molar-refractivity contribution in [1.82, 2.24) is 19.9 Å². The Hall–Kier alpha value is -3.35. The van der Waals surface area contributed by atoms with Gasteiger partial charge in [0.2, 0.25) is 5.91 Å². The van der Waals surface area contributed by atoms with E-state index in [-0.39, 0.29) is 11.8 Å². The van der Waals surface area contributed by atoms with Crippen LogP contribution >= 0.6 is 0 Å². The third-order valence-electron chi connectivity index (χ3n) is 4.26. The van der Waals surface area contributed by atoms with E-state index in [4.69, 9.17) is 5.73 Å². The third-order valence-corrected chi connectivity index (χ3v) is 4.26. The van der Waals surface area contributed by atoms with Gasteiger partial charge in [-0.05, 0) is 44.0 Å². The van der Waals surface area contributed by atoms with E-state index in [9.17, 15) is 4.79 Å². The zero-order valence-electron chi connectivity index (χ0n) is 14.3. The number of aryl methyl sites for hydroxylation is 1. The number of aromatic nitrogens is 4. The van der Waals surface area contributed by atoms with Crippen molar-refractivity contribution in [2.24, 2.45) is 5.92 Å². The Morgan fingerprint density at radius 2 is 1.96 bits per heavy atom. The highest BCUT2D eigenvalue weighted by atomic mass is 16.2. The van der Waals surface area contributed by atoms with Crippen molar-refractivity contribution in [1.29, 1.82) is 0 Å². The van der Waals surface area contributed by atoms with Crippen molar-refractivity contribution in [2.45, 2.75) is 19.8 Å². The number of carbonyl (C=O) groups is 1. The van der Waals surface area contributed by atoms with E-state index in [1.807, 2.05) is 31.2 Å². The summed E-state index contributed by atoms with van der Waals surface area (Å²) in [6, 6.07) is 7.30. The second-order valence-electron chi connectivity index (χ2n) is 6.36. The smallest absolute Gasteiger partial charge is 0.228 e. The van der Waals surface area contributed by atoms with Gasteiger partial charge in [0.15, 0.2) is 5.82 Å². The zero-order valence-corrected chi connectivity index (χ0v) is 14.3. The van der Waals surface area contributed by atoms with Gasteiger partial charge in [-0.15, -0.1) is 0 Å². The van der Waals surface area contributed by atoms with E-state index in [0.29, 0.717) is 17.3 Å². The van der Waals surface area contributed by atoms with Gasteiger partial charge in [0, 0.05) is 35.1 Å². The molecule has 0 radical (unpaired) electrons. The summed E-state index contributed by atoms with van der Waals surface area (Å²) in [6.45, 7) is 1.89. The number of hydrogen-bond donors (Lipinski definition) is 2. The summed E-state index contributed by atoms with van der Waals surface area (Å²) in [7, 11) is 0. The van der Waals surface area contributed by atoms with E-state index in [2.05, 4.69) is 25.3 Å². The fourth-order valence-electron chi connectivity index (χ4n) is 2.66. The normalized spacial score (nSPS) is 13.4. The van der Waals surface area contributed by atoms with Gasteiger partial charge in [-0.3, -0.25) is 9.78 Å². The van der Waals surface area contributed by atoms with Crippen LogP contribution in [0.2, 0.25) is 0 Å². The molecule has 7 nitrogen and oxygen atoms in total. The van der Waals surface area contributed by atoms with Crippen molar-refractivity contribution in [3.63, 3.8) is 0 Å². The average Bonchev–Trinajstić information content (AvgIpc) is 3.49. The summed E-state index contributed by atoms with van der Waals surface area (Å²) in [4.78, 5) is 29.4. The molecule has 1 saturated carbocycles. The number of carbonyl (C=O) groups excluding carboxylic acids is 1. The molecule has 0 atom stereocenters. The molecular weight excluding hydrogens is 328 g/mol. The molecule has 1 aliphatic carbocycles. The van der Waals surface area contributed by atoms with Crippen molar-refractivity contribution in [2.75, 3.05) is 11.1 Å². The summed E-state index contributed by atoms with van der Waals surface area (Å²) < 4.78 is 0. The lowest BCUT2D eigenvalue weighted by Crippen LogP contribution is -2.14. The molecule has 7 heteroatoms. The Kier molecular flexibility index (Phi) is 4.04. The van der Waals surface area contributed by atoms with Gasteiger partial charge in [-0.2, -0.15) is 0 Å². The van der Waals surface area contributed by atoms with Crippen molar-refractivity contribution in [3.05, 3.63) is 48.5 Å². The number of nitrogens with one attached hydrogen (secondary N) is 1. The van der Waals surface area contributed by atoms with Crippen LogP contribution in [0.5, 0.6) is 0 Å². The first-order valence-corrected chi connectivity index (χ1v) is 8.43. The first-order chi connectivity index (χ1) is 12.6. The Morgan fingerprint density at radius 3 is 2.77 bits per heavy atom. The van der Waals surface area contributed by atoms with Crippen LogP contribution in [0.4, 0.5) is 11.5 Å². The first kappa shape index (κ1) is 16.1. The maximum absolute atomic E-state index is 11.9. The number of nitrogens with two attached hydrogens (primary N) is 1. The molecule has 0 aromatic carbocycles. The number of amides is 1. The number of nitrogens with zero attached hydrogens (tertiary/aromatic N) is 4. The molecule has 0 unspecified atom stereocenters. The molecule has 4 rings (SSSR count). The number of nitrogen functional groups attached to an aromatic ring is 1. The standard InChI is InChI=1S/C19H18N6O/c1-11-15(9-14(20)10-23-11)18-22-7-5-16(24-18)13-4-6-21-17(8-13)25-19(26)12-2-3-12/h4-10,12H,2-3,20H2,1H3,(H,21,25,26). The summed E-state index contributed by atoms with van der Waals surface area (Å²) in [5.74, 6) is 1.24. The van der Waals surface area contributed by atoms with E-state index < -0.39 is 0 Å². The van der Waals surface area contributed by atoms with Crippen LogP contribution in [0.1, 0.15) is 18.5 Å². The van der Waals surface area contributed by atoms with E-state index in [1.165, 1.54) is 0 Å². The molecule has 0 saturated heterocycles. The van der Waals surface area contributed by atoms with Crippen LogP contribution < -0.4 is 11.1 Å². The Balaban J connectivity index is 1.66. The maximum Gasteiger partial charge on any atom is 0.228 e. The maximum atomic E-state index is 11.9. The van der Waals surface area contributed by atoms with Gasteiger partial charge in [0.05, 0.1) is 17.6 Å². The predicted molar refractivity (Wildman–Crippen MR) is 99.0 cm³/mol. The zero-order chi connectivity index (χ0) is 18.1. The van der Waals surface area contributed by atoms with Crippen molar-refractivity contribution in [3.8, 4) is 22.6 Å². The topological polar surface area (TPSA) is 107 Å². The van der Waals surface area contributed by atoms with E-state index in [0.717, 1.165) is 35.4 Å². The lowest BCUT2D eigenvalue weighted by molar-refractivity contribution is -0.117. The van der Waals surface area contributed by atoms with E-state index in [1.54, 1.807) is 18.6 Å². The second kappa shape index (κ2) is 6.51. The fraction of sp³-hybridized carbons (Fsp3) is 0.211. The fourth-order valence-corrected chi connectivity index (χ4v) is 2.66. The monoisotopic (exact) mass is 346 g/mol. The van der Waals surface area contributed by atoms with Crippen LogP contribution in [-0.2, 0) is 4.79 Å². The molecule has 0 bridgehead atoms. The SMILES string of the molecule is Cc1ncc(N)cc1-c1nccc(-c2ccnc(NC(=O)C3CC3)c2)n1. The molecule has 3 aromatic heterocycles. The molecule has 1 amide bonds. The van der Waals surface area contributed by atoms with Gasteiger partial charge < -0.3 is 11.1 Å². The molecule has 130 valence electrons. The van der Waals surface area contributed by atoms with Crippen LogP contribution in [0.15, 0.2) is 42.9 Å². The summed E-state index contributed by atoms with van der Waals surface area (Å²) >= 11 is 0. The summed E-state index contributed by atoms with van der Waals surface area (Å²) in [6.07, 6.45) is 6.87. The van der Waals surface area contributed by atoms with Crippen LogP contribution in [0.25, 0.3) is 22.6 Å². The summed E-state index contributed by atoms with van der Waals surface area (Å²) in [5.41, 5.74) is 9.60. The highest BCUT2D eigenvalue weighted by molar-refractivity contribution is 5.93. The minimum Gasteiger partial charge on any atom is -0.397 e. The lowest BCUT2D eigenvalue weighted by atomic mass is 10.1. The highest BCUT2D eigenvalue weighted by Gasteiger charge is 2.29.